The second-order valence-electron chi connectivity index (χ2n) is 5.56. The van der Waals surface area contributed by atoms with Crippen LogP contribution in [0.3, 0.4) is 0 Å². The summed E-state index contributed by atoms with van der Waals surface area (Å²) in [5.74, 6) is 0. The van der Waals surface area contributed by atoms with E-state index in [4.69, 9.17) is 0 Å². The van der Waals surface area contributed by atoms with E-state index in [1.807, 2.05) is 18.2 Å². The molecule has 1 heteroatoms. The van der Waals surface area contributed by atoms with Gasteiger partial charge in [0.1, 0.15) is 0 Å². The van der Waals surface area contributed by atoms with Gasteiger partial charge in [0.05, 0.1) is 0 Å². The Bertz CT molecular complexity index is 262. The van der Waals surface area contributed by atoms with Crippen LogP contribution >= 0.6 is 7.92 Å². The quantitative estimate of drug-likeness (QED) is 0.436. The fourth-order valence-electron chi connectivity index (χ4n) is 2.01. The van der Waals surface area contributed by atoms with Gasteiger partial charge in [-0.2, -0.15) is 0 Å². The van der Waals surface area contributed by atoms with Crippen LogP contribution in [0.15, 0.2) is 30.3 Å². The Morgan fingerprint density at radius 2 is 1.10 bits per heavy atom. The molecule has 0 fully saturated rings. The molecule has 0 saturated carbocycles. The minimum atomic E-state index is 0.422. The normalized spacial score (nSPS) is 10.2. The minimum absolute atomic E-state index is 0.422. The molecule has 0 radical (unpaired) electrons. The molecule has 1 aromatic carbocycles. The van der Waals surface area contributed by atoms with Crippen LogP contribution in [0.1, 0.15) is 64.9 Å². The zero-order valence-corrected chi connectivity index (χ0v) is 15.1. The number of rotatable bonds is 9. The summed E-state index contributed by atoms with van der Waals surface area (Å²) in [6.07, 6.45) is 13.2. The fraction of sp³-hybridized carbons (Fsp3) is 0.684. The summed E-state index contributed by atoms with van der Waals surface area (Å²) in [5.41, 5.74) is 1.32. The average Bonchev–Trinajstić information content (AvgIpc) is 2.48. The van der Waals surface area contributed by atoms with Crippen LogP contribution < -0.4 is 0 Å². The fourth-order valence-corrected chi connectivity index (χ4v) is 4.98. The molecule has 0 aliphatic carbocycles. The van der Waals surface area contributed by atoms with Crippen LogP contribution in [0.4, 0.5) is 0 Å². The zero-order chi connectivity index (χ0) is 15.1. The largest absolute Gasteiger partial charge is 0.107 e. The van der Waals surface area contributed by atoms with Crippen LogP contribution in [0.2, 0.25) is 0 Å². The van der Waals surface area contributed by atoms with Gasteiger partial charge in [0.25, 0.3) is 0 Å². The Labute approximate surface area is 129 Å². The molecule has 0 bridgehead atoms. The standard InChI is InChI=1S/C12H27P.C7H8/c1-4-7-10-13(11-8-5-2)12-9-6-3;1-7-5-3-2-4-6-7/h4-12H2,1-3H3;2-6H,1H3. The molecular formula is C19H35P. The van der Waals surface area contributed by atoms with Crippen molar-refractivity contribution < 1.29 is 0 Å². The summed E-state index contributed by atoms with van der Waals surface area (Å²) in [6.45, 7) is 9.02. The number of aryl methyl sites for hydroxylation is 1. The van der Waals surface area contributed by atoms with Gasteiger partial charge in [-0.25, -0.2) is 0 Å². The van der Waals surface area contributed by atoms with E-state index in [9.17, 15) is 0 Å². The lowest BCUT2D eigenvalue weighted by molar-refractivity contribution is 0.847. The summed E-state index contributed by atoms with van der Waals surface area (Å²) in [4.78, 5) is 0. The topological polar surface area (TPSA) is 0 Å². The number of hydrogen-bond acceptors (Lipinski definition) is 0. The van der Waals surface area contributed by atoms with Crippen molar-refractivity contribution in [3.8, 4) is 0 Å². The van der Waals surface area contributed by atoms with E-state index in [1.54, 1.807) is 18.5 Å². The average molecular weight is 294 g/mol. The lowest BCUT2D eigenvalue weighted by Gasteiger charge is -2.16. The highest BCUT2D eigenvalue weighted by Crippen LogP contribution is 2.38. The molecule has 0 spiro atoms. The van der Waals surface area contributed by atoms with Crippen molar-refractivity contribution in [2.24, 2.45) is 0 Å². The maximum absolute atomic E-state index is 2.31. The van der Waals surface area contributed by atoms with Gasteiger partial charge in [-0.3, -0.25) is 0 Å². The van der Waals surface area contributed by atoms with E-state index in [0.29, 0.717) is 7.92 Å². The van der Waals surface area contributed by atoms with Gasteiger partial charge in [0, 0.05) is 0 Å². The molecule has 0 aliphatic rings. The van der Waals surface area contributed by atoms with Gasteiger partial charge >= 0.3 is 0 Å². The molecule has 0 amide bonds. The maximum atomic E-state index is 2.31. The van der Waals surface area contributed by atoms with Gasteiger partial charge in [-0.1, -0.05) is 75.9 Å². The lowest BCUT2D eigenvalue weighted by atomic mass is 10.2. The maximum Gasteiger partial charge on any atom is -0.0326 e. The van der Waals surface area contributed by atoms with Crippen LogP contribution in [0.25, 0.3) is 0 Å². The van der Waals surface area contributed by atoms with Crippen LogP contribution in [0, 0.1) is 6.92 Å². The molecule has 0 saturated heterocycles. The number of unbranched alkanes of at least 4 members (excludes halogenated alkanes) is 3. The second-order valence-corrected chi connectivity index (χ2v) is 8.24. The first kappa shape index (κ1) is 19.7. The Hall–Kier alpha value is -0.350. The summed E-state index contributed by atoms with van der Waals surface area (Å²) < 4.78 is 0. The molecule has 116 valence electrons. The lowest BCUT2D eigenvalue weighted by Crippen LogP contribution is -1.95. The van der Waals surface area contributed by atoms with Gasteiger partial charge in [-0.15, -0.1) is 7.92 Å². The van der Waals surface area contributed by atoms with Crippen molar-refractivity contribution in [1.82, 2.24) is 0 Å². The third-order valence-electron chi connectivity index (χ3n) is 3.42. The van der Waals surface area contributed by atoms with Crippen LogP contribution in [-0.4, -0.2) is 18.5 Å². The summed E-state index contributed by atoms with van der Waals surface area (Å²) >= 11 is 0. The highest BCUT2D eigenvalue weighted by atomic mass is 31.1. The SMILES string of the molecule is CCCCP(CCCC)CCCC.Cc1ccccc1. The number of hydrogen-bond donors (Lipinski definition) is 0. The molecule has 0 aromatic heterocycles. The van der Waals surface area contributed by atoms with Crippen LogP contribution in [0.5, 0.6) is 0 Å². The molecule has 0 nitrogen and oxygen atoms in total. The summed E-state index contributed by atoms with van der Waals surface area (Å²) in [7, 11) is 0.422. The minimum Gasteiger partial charge on any atom is -0.107 e. The van der Waals surface area contributed by atoms with Crippen molar-refractivity contribution in [3.63, 3.8) is 0 Å². The van der Waals surface area contributed by atoms with Gasteiger partial charge in [0.2, 0.25) is 0 Å². The first-order valence-electron chi connectivity index (χ1n) is 8.48. The Morgan fingerprint density at radius 3 is 1.35 bits per heavy atom. The van der Waals surface area contributed by atoms with E-state index in [2.05, 4.69) is 39.8 Å². The Balaban J connectivity index is 0.000000428. The van der Waals surface area contributed by atoms with Gasteiger partial charge in [0.15, 0.2) is 0 Å². The van der Waals surface area contributed by atoms with Crippen molar-refractivity contribution >= 4 is 7.92 Å². The van der Waals surface area contributed by atoms with Crippen LogP contribution in [-0.2, 0) is 0 Å². The van der Waals surface area contributed by atoms with Crippen molar-refractivity contribution in [1.29, 1.82) is 0 Å². The van der Waals surface area contributed by atoms with Crippen molar-refractivity contribution in [3.05, 3.63) is 35.9 Å². The van der Waals surface area contributed by atoms with E-state index in [-0.39, 0.29) is 0 Å². The Kier molecular flexibility index (Phi) is 14.8. The zero-order valence-electron chi connectivity index (χ0n) is 14.2. The number of benzene rings is 1. The summed E-state index contributed by atoms with van der Waals surface area (Å²) in [6, 6.07) is 10.3. The predicted octanol–water partition coefficient (Wildman–Crippen LogP) is 6.86. The molecule has 1 rings (SSSR count). The monoisotopic (exact) mass is 294 g/mol. The molecule has 0 atom stereocenters. The van der Waals surface area contributed by atoms with Gasteiger partial charge in [-0.05, 0) is 44.7 Å². The first-order chi connectivity index (χ1) is 9.74. The van der Waals surface area contributed by atoms with E-state index in [0.717, 1.165) is 0 Å². The van der Waals surface area contributed by atoms with Gasteiger partial charge < -0.3 is 0 Å². The Morgan fingerprint density at radius 1 is 0.700 bits per heavy atom. The van der Waals surface area contributed by atoms with E-state index in [1.165, 1.54) is 44.1 Å². The third-order valence-corrected chi connectivity index (χ3v) is 6.27. The third kappa shape index (κ3) is 12.7. The second kappa shape index (κ2) is 15.0. The highest BCUT2D eigenvalue weighted by Gasteiger charge is 2.05. The molecule has 0 aliphatic heterocycles. The summed E-state index contributed by atoms with van der Waals surface area (Å²) in [5, 5.41) is 0. The van der Waals surface area contributed by atoms with Crippen molar-refractivity contribution in [2.75, 3.05) is 18.5 Å². The molecular weight excluding hydrogens is 259 g/mol. The molecule has 1 aromatic rings. The highest BCUT2D eigenvalue weighted by molar-refractivity contribution is 7.57. The molecule has 0 N–H and O–H groups in total. The smallest absolute Gasteiger partial charge is 0.0326 e. The predicted molar refractivity (Wildman–Crippen MR) is 97.4 cm³/mol. The van der Waals surface area contributed by atoms with E-state index < -0.39 is 0 Å². The molecule has 0 unspecified atom stereocenters. The van der Waals surface area contributed by atoms with E-state index >= 15 is 0 Å². The van der Waals surface area contributed by atoms with Crippen molar-refractivity contribution in [2.45, 2.75) is 66.2 Å². The molecule has 20 heavy (non-hydrogen) atoms. The first-order valence-corrected chi connectivity index (χ1v) is 10.4. The molecule has 0 heterocycles.